The van der Waals surface area contributed by atoms with Crippen molar-refractivity contribution in [3.05, 3.63) is 51.7 Å². The number of halogens is 1. The van der Waals surface area contributed by atoms with Crippen LogP contribution in [0.4, 0.5) is 4.39 Å². The lowest BCUT2D eigenvalue weighted by atomic mass is 10.1. The Labute approximate surface area is 96.8 Å². The molecular formula is C12H10FNOS. The van der Waals surface area contributed by atoms with Crippen LogP contribution < -0.4 is 0 Å². The first kappa shape index (κ1) is 11.0. The second kappa shape index (κ2) is 4.53. The fourth-order valence-corrected chi connectivity index (χ4v) is 1.95. The van der Waals surface area contributed by atoms with Gasteiger partial charge in [-0.3, -0.25) is 9.78 Å². The summed E-state index contributed by atoms with van der Waals surface area (Å²) in [5, 5.41) is 0. The van der Waals surface area contributed by atoms with E-state index in [2.05, 4.69) is 4.98 Å². The Kier molecular flexibility index (Phi) is 3.10. The quantitative estimate of drug-likeness (QED) is 0.765. The first-order valence-electron chi connectivity index (χ1n) is 4.83. The highest BCUT2D eigenvalue weighted by molar-refractivity contribution is 7.09. The molecule has 0 saturated carbocycles. The van der Waals surface area contributed by atoms with Crippen LogP contribution in [0.15, 0.2) is 29.9 Å². The Morgan fingerprint density at radius 1 is 1.50 bits per heavy atom. The monoisotopic (exact) mass is 235 g/mol. The standard InChI is InChI=1S/C12H10FNOS/c1-8-2-3-9(4-11(8)13)12(15)5-10-6-14-7-16-10/h2-4,6-7H,5H2,1H3. The maximum Gasteiger partial charge on any atom is 0.168 e. The molecule has 0 aliphatic carbocycles. The van der Waals surface area contributed by atoms with E-state index in [4.69, 9.17) is 0 Å². The zero-order chi connectivity index (χ0) is 11.5. The van der Waals surface area contributed by atoms with Crippen molar-refractivity contribution >= 4 is 17.1 Å². The number of hydrogen-bond donors (Lipinski definition) is 0. The van der Waals surface area contributed by atoms with Gasteiger partial charge in [-0.1, -0.05) is 12.1 Å². The minimum absolute atomic E-state index is 0.0804. The van der Waals surface area contributed by atoms with Gasteiger partial charge in [-0.15, -0.1) is 11.3 Å². The van der Waals surface area contributed by atoms with Crippen LogP contribution in [0.2, 0.25) is 0 Å². The number of carbonyl (C=O) groups is 1. The largest absolute Gasteiger partial charge is 0.294 e. The lowest BCUT2D eigenvalue weighted by Crippen LogP contribution is -2.03. The minimum atomic E-state index is -0.338. The van der Waals surface area contributed by atoms with Gasteiger partial charge in [0.05, 0.1) is 5.51 Å². The summed E-state index contributed by atoms with van der Waals surface area (Å²) < 4.78 is 13.3. The number of rotatable bonds is 3. The molecule has 0 atom stereocenters. The highest BCUT2D eigenvalue weighted by Gasteiger charge is 2.09. The molecule has 2 rings (SSSR count). The third-order valence-corrected chi connectivity index (χ3v) is 3.09. The number of Topliss-reactive ketones (excluding diaryl/α,β-unsaturated/α-hetero) is 1. The van der Waals surface area contributed by atoms with Crippen LogP contribution in [-0.2, 0) is 6.42 Å². The maximum absolute atomic E-state index is 13.3. The molecule has 4 heteroatoms. The molecule has 0 unspecified atom stereocenters. The third kappa shape index (κ3) is 2.33. The van der Waals surface area contributed by atoms with Crippen LogP contribution in [0.5, 0.6) is 0 Å². The topological polar surface area (TPSA) is 30.0 Å². The van der Waals surface area contributed by atoms with Crippen molar-refractivity contribution in [2.45, 2.75) is 13.3 Å². The van der Waals surface area contributed by atoms with E-state index in [9.17, 15) is 9.18 Å². The van der Waals surface area contributed by atoms with Gasteiger partial charge in [-0.2, -0.15) is 0 Å². The molecule has 0 spiro atoms. The van der Waals surface area contributed by atoms with Crippen LogP contribution in [0.1, 0.15) is 20.8 Å². The van der Waals surface area contributed by atoms with Crippen LogP contribution in [0.3, 0.4) is 0 Å². The van der Waals surface area contributed by atoms with Crippen molar-refractivity contribution in [2.24, 2.45) is 0 Å². The summed E-state index contributed by atoms with van der Waals surface area (Å²) in [5.74, 6) is -0.418. The average molecular weight is 235 g/mol. The van der Waals surface area contributed by atoms with Gasteiger partial charge in [0.15, 0.2) is 5.78 Å². The smallest absolute Gasteiger partial charge is 0.168 e. The van der Waals surface area contributed by atoms with Crippen molar-refractivity contribution in [3.63, 3.8) is 0 Å². The highest BCUT2D eigenvalue weighted by Crippen LogP contribution is 2.14. The Balaban J connectivity index is 2.18. The minimum Gasteiger partial charge on any atom is -0.294 e. The first-order chi connectivity index (χ1) is 7.66. The molecule has 0 aliphatic heterocycles. The Morgan fingerprint density at radius 2 is 2.31 bits per heavy atom. The third-order valence-electron chi connectivity index (χ3n) is 2.31. The second-order valence-electron chi connectivity index (χ2n) is 3.53. The predicted octanol–water partition coefficient (Wildman–Crippen LogP) is 3.02. The molecule has 0 N–H and O–H groups in total. The second-order valence-corrected chi connectivity index (χ2v) is 4.50. The fourth-order valence-electron chi connectivity index (χ4n) is 1.36. The molecule has 2 nitrogen and oxygen atoms in total. The number of ketones is 1. The molecule has 1 aromatic heterocycles. The summed E-state index contributed by atoms with van der Waals surface area (Å²) in [6, 6.07) is 4.57. The molecule has 0 bridgehead atoms. The van der Waals surface area contributed by atoms with Crippen molar-refractivity contribution in [3.8, 4) is 0 Å². The summed E-state index contributed by atoms with van der Waals surface area (Å²) in [4.78, 5) is 16.6. The summed E-state index contributed by atoms with van der Waals surface area (Å²) in [7, 11) is 0. The van der Waals surface area contributed by atoms with Crippen LogP contribution in [-0.4, -0.2) is 10.8 Å². The van der Waals surface area contributed by atoms with Crippen LogP contribution in [0.25, 0.3) is 0 Å². The molecule has 2 aromatic rings. The van der Waals surface area contributed by atoms with Crippen molar-refractivity contribution in [2.75, 3.05) is 0 Å². The van der Waals surface area contributed by atoms with E-state index in [-0.39, 0.29) is 18.0 Å². The van der Waals surface area contributed by atoms with E-state index >= 15 is 0 Å². The van der Waals surface area contributed by atoms with E-state index < -0.39 is 0 Å². The van der Waals surface area contributed by atoms with Crippen molar-refractivity contribution in [1.29, 1.82) is 0 Å². The normalized spacial score (nSPS) is 10.4. The molecule has 82 valence electrons. The average Bonchev–Trinajstić information content (AvgIpc) is 2.74. The summed E-state index contributed by atoms with van der Waals surface area (Å²) in [6.07, 6.45) is 1.94. The zero-order valence-electron chi connectivity index (χ0n) is 8.74. The number of carbonyl (C=O) groups excluding carboxylic acids is 1. The van der Waals surface area contributed by atoms with Gasteiger partial charge in [-0.25, -0.2) is 4.39 Å². The molecule has 1 heterocycles. The number of aromatic nitrogens is 1. The van der Waals surface area contributed by atoms with E-state index in [1.54, 1.807) is 30.8 Å². The fraction of sp³-hybridized carbons (Fsp3) is 0.167. The molecule has 16 heavy (non-hydrogen) atoms. The van der Waals surface area contributed by atoms with Gasteiger partial charge in [0.1, 0.15) is 5.82 Å². The Morgan fingerprint density at radius 3 is 2.94 bits per heavy atom. The maximum atomic E-state index is 13.3. The molecule has 0 radical (unpaired) electrons. The van der Waals surface area contributed by atoms with E-state index in [1.807, 2.05) is 0 Å². The molecule has 0 saturated heterocycles. The number of benzene rings is 1. The molecule has 1 aromatic carbocycles. The Bertz CT molecular complexity index is 508. The van der Waals surface area contributed by atoms with Gasteiger partial charge < -0.3 is 0 Å². The van der Waals surface area contributed by atoms with E-state index in [0.29, 0.717) is 11.1 Å². The summed E-state index contributed by atoms with van der Waals surface area (Å²) in [6.45, 7) is 1.67. The molecule has 0 aliphatic rings. The lowest BCUT2D eigenvalue weighted by molar-refractivity contribution is 0.0993. The van der Waals surface area contributed by atoms with E-state index in [1.165, 1.54) is 17.4 Å². The van der Waals surface area contributed by atoms with Crippen LogP contribution in [0, 0.1) is 12.7 Å². The van der Waals surface area contributed by atoms with Crippen LogP contribution >= 0.6 is 11.3 Å². The molecule has 0 fully saturated rings. The van der Waals surface area contributed by atoms with Crippen molar-refractivity contribution < 1.29 is 9.18 Å². The van der Waals surface area contributed by atoms with Gasteiger partial charge in [-0.05, 0) is 18.6 Å². The van der Waals surface area contributed by atoms with Gasteiger partial charge >= 0.3 is 0 Å². The summed E-state index contributed by atoms with van der Waals surface area (Å²) in [5.41, 5.74) is 2.64. The number of aryl methyl sites for hydroxylation is 1. The Hall–Kier alpha value is -1.55. The first-order valence-corrected chi connectivity index (χ1v) is 5.71. The van der Waals surface area contributed by atoms with Gasteiger partial charge in [0.2, 0.25) is 0 Å². The van der Waals surface area contributed by atoms with E-state index in [0.717, 1.165) is 4.88 Å². The lowest BCUT2D eigenvalue weighted by Gasteiger charge is -2.01. The molecular weight excluding hydrogens is 225 g/mol. The number of nitrogens with zero attached hydrogens (tertiary/aromatic N) is 1. The number of thiazole rings is 1. The SMILES string of the molecule is Cc1ccc(C(=O)Cc2cncs2)cc1F. The van der Waals surface area contributed by atoms with Gasteiger partial charge in [0, 0.05) is 23.1 Å². The summed E-state index contributed by atoms with van der Waals surface area (Å²) >= 11 is 1.43. The molecule has 0 amide bonds. The highest BCUT2D eigenvalue weighted by atomic mass is 32.1. The predicted molar refractivity (Wildman–Crippen MR) is 61.3 cm³/mol. The number of hydrogen-bond acceptors (Lipinski definition) is 3. The van der Waals surface area contributed by atoms with Gasteiger partial charge in [0.25, 0.3) is 0 Å². The van der Waals surface area contributed by atoms with Crippen molar-refractivity contribution in [1.82, 2.24) is 4.98 Å². The zero-order valence-corrected chi connectivity index (χ0v) is 9.55.